The number of hydrogen-bond donors (Lipinski definition) is 0. The maximum atomic E-state index is 13.3. The maximum absolute atomic E-state index is 13.3. The molecule has 0 spiro atoms. The molecule has 1 amide bonds. The van der Waals surface area contributed by atoms with E-state index in [0.29, 0.717) is 18.7 Å². The lowest BCUT2D eigenvalue weighted by Crippen LogP contribution is -2.35. The van der Waals surface area contributed by atoms with Crippen LogP contribution in [0.3, 0.4) is 0 Å². The minimum atomic E-state index is -0.597. The predicted octanol–water partition coefficient (Wildman–Crippen LogP) is 5.05. The van der Waals surface area contributed by atoms with E-state index in [1.54, 1.807) is 34.4 Å². The first kappa shape index (κ1) is 19.2. The molecule has 0 aliphatic rings. The van der Waals surface area contributed by atoms with Crippen LogP contribution in [0.25, 0.3) is 11.0 Å². The molecule has 0 bridgehead atoms. The predicted molar refractivity (Wildman–Crippen MR) is 116 cm³/mol. The van der Waals surface area contributed by atoms with Crippen molar-refractivity contribution in [2.45, 2.75) is 19.9 Å². The summed E-state index contributed by atoms with van der Waals surface area (Å²) in [5.41, 5.74) is 1.11. The number of aryl methyl sites for hydroxylation is 1. The molecule has 0 atom stereocenters. The SMILES string of the molecule is Cc1ccc(CN(CCc2ccccc2)C(=O)c2cc3ccccc3oc2=O)s1. The normalized spacial score (nSPS) is 10.9. The Bertz CT molecular complexity index is 1190. The molecule has 29 heavy (non-hydrogen) atoms. The fraction of sp³-hybridized carbons (Fsp3) is 0.167. The maximum Gasteiger partial charge on any atom is 0.349 e. The van der Waals surface area contributed by atoms with Gasteiger partial charge in [0.15, 0.2) is 0 Å². The summed E-state index contributed by atoms with van der Waals surface area (Å²) in [6, 6.07) is 23.0. The number of amides is 1. The zero-order valence-corrected chi connectivity index (χ0v) is 16.9. The number of nitrogens with zero attached hydrogens (tertiary/aromatic N) is 1. The van der Waals surface area contributed by atoms with Crippen LogP contribution in [0, 0.1) is 6.92 Å². The molecule has 146 valence electrons. The van der Waals surface area contributed by atoms with Crippen LogP contribution in [0.4, 0.5) is 0 Å². The number of thiophene rings is 1. The molecule has 0 unspecified atom stereocenters. The van der Waals surface area contributed by atoms with E-state index >= 15 is 0 Å². The second-order valence-electron chi connectivity index (χ2n) is 6.96. The summed E-state index contributed by atoms with van der Waals surface area (Å²) in [4.78, 5) is 29.8. The van der Waals surface area contributed by atoms with Gasteiger partial charge < -0.3 is 9.32 Å². The van der Waals surface area contributed by atoms with Crippen LogP contribution in [-0.2, 0) is 13.0 Å². The van der Waals surface area contributed by atoms with Gasteiger partial charge >= 0.3 is 5.63 Å². The number of hydrogen-bond acceptors (Lipinski definition) is 4. The summed E-state index contributed by atoms with van der Waals surface area (Å²) in [5.74, 6) is -0.300. The largest absolute Gasteiger partial charge is 0.422 e. The number of fused-ring (bicyclic) bond motifs is 1. The van der Waals surface area contributed by atoms with Crippen LogP contribution in [0.1, 0.15) is 25.7 Å². The molecule has 0 fully saturated rings. The van der Waals surface area contributed by atoms with Crippen LogP contribution in [0.2, 0.25) is 0 Å². The summed E-state index contributed by atoms with van der Waals surface area (Å²) in [5, 5.41) is 0.741. The van der Waals surface area contributed by atoms with E-state index in [1.807, 2.05) is 61.5 Å². The Morgan fingerprint density at radius 1 is 1.00 bits per heavy atom. The van der Waals surface area contributed by atoms with Gasteiger partial charge in [0.2, 0.25) is 0 Å². The van der Waals surface area contributed by atoms with Crippen molar-refractivity contribution in [2.24, 2.45) is 0 Å². The highest BCUT2D eigenvalue weighted by Crippen LogP contribution is 2.20. The molecule has 5 heteroatoms. The highest BCUT2D eigenvalue weighted by atomic mass is 32.1. The first-order chi connectivity index (χ1) is 14.1. The Morgan fingerprint density at radius 3 is 2.52 bits per heavy atom. The lowest BCUT2D eigenvalue weighted by Gasteiger charge is -2.22. The molecular weight excluding hydrogens is 382 g/mol. The fourth-order valence-electron chi connectivity index (χ4n) is 3.30. The minimum Gasteiger partial charge on any atom is -0.422 e. The third-order valence-electron chi connectivity index (χ3n) is 4.81. The summed E-state index contributed by atoms with van der Waals surface area (Å²) in [6.07, 6.45) is 0.718. The van der Waals surface area contributed by atoms with Crippen molar-refractivity contribution in [1.82, 2.24) is 4.90 Å². The van der Waals surface area contributed by atoms with Crippen molar-refractivity contribution >= 4 is 28.2 Å². The van der Waals surface area contributed by atoms with Crippen LogP contribution in [0.15, 0.2) is 82.0 Å². The second-order valence-corrected chi connectivity index (χ2v) is 8.33. The van der Waals surface area contributed by atoms with Gasteiger partial charge in [0, 0.05) is 21.7 Å². The molecule has 0 radical (unpaired) electrons. The molecule has 0 saturated carbocycles. The van der Waals surface area contributed by atoms with Crippen LogP contribution in [0.5, 0.6) is 0 Å². The summed E-state index contributed by atoms with van der Waals surface area (Å²) >= 11 is 1.66. The number of para-hydroxylation sites is 1. The van der Waals surface area contributed by atoms with Crippen molar-refractivity contribution in [2.75, 3.05) is 6.54 Å². The Hall–Kier alpha value is -3.18. The average Bonchev–Trinajstić information content (AvgIpc) is 3.15. The Balaban J connectivity index is 1.64. The van der Waals surface area contributed by atoms with Gasteiger partial charge in [0.05, 0.1) is 6.54 Å². The third kappa shape index (κ3) is 4.46. The summed E-state index contributed by atoms with van der Waals surface area (Å²) < 4.78 is 5.38. The van der Waals surface area contributed by atoms with Crippen LogP contribution >= 0.6 is 11.3 Å². The van der Waals surface area contributed by atoms with Gasteiger partial charge in [-0.3, -0.25) is 4.79 Å². The smallest absolute Gasteiger partial charge is 0.349 e. The molecule has 0 aliphatic heterocycles. The van der Waals surface area contributed by atoms with E-state index in [2.05, 4.69) is 0 Å². The van der Waals surface area contributed by atoms with Gasteiger partial charge in [0.1, 0.15) is 11.1 Å². The Morgan fingerprint density at radius 2 is 1.76 bits per heavy atom. The summed E-state index contributed by atoms with van der Waals surface area (Å²) in [6.45, 7) is 3.03. The van der Waals surface area contributed by atoms with E-state index in [0.717, 1.165) is 22.2 Å². The lowest BCUT2D eigenvalue weighted by atomic mass is 10.1. The number of carbonyl (C=O) groups is 1. The fourth-order valence-corrected chi connectivity index (χ4v) is 4.21. The highest BCUT2D eigenvalue weighted by molar-refractivity contribution is 7.11. The minimum absolute atomic E-state index is 0.0741. The molecule has 0 N–H and O–H groups in total. The van der Waals surface area contributed by atoms with Gasteiger partial charge in [-0.05, 0) is 43.2 Å². The van der Waals surface area contributed by atoms with Gasteiger partial charge in [-0.2, -0.15) is 0 Å². The Kier molecular flexibility index (Phi) is 5.58. The first-order valence-electron chi connectivity index (χ1n) is 9.51. The zero-order chi connectivity index (χ0) is 20.2. The third-order valence-corrected chi connectivity index (χ3v) is 5.80. The van der Waals surface area contributed by atoms with E-state index in [1.165, 1.54) is 4.88 Å². The van der Waals surface area contributed by atoms with E-state index in [9.17, 15) is 9.59 Å². The summed E-state index contributed by atoms with van der Waals surface area (Å²) in [7, 11) is 0. The van der Waals surface area contributed by atoms with Crippen molar-refractivity contribution < 1.29 is 9.21 Å². The highest BCUT2D eigenvalue weighted by Gasteiger charge is 2.21. The molecule has 4 rings (SSSR count). The van der Waals surface area contributed by atoms with Crippen LogP contribution in [-0.4, -0.2) is 17.4 Å². The number of benzene rings is 2. The topological polar surface area (TPSA) is 50.5 Å². The molecule has 2 aromatic carbocycles. The Labute approximate surface area is 173 Å². The molecule has 0 saturated heterocycles. The molecule has 2 aromatic heterocycles. The molecule has 4 nitrogen and oxygen atoms in total. The quantitative estimate of drug-likeness (QED) is 0.424. The van der Waals surface area contributed by atoms with Crippen molar-refractivity contribution in [3.8, 4) is 0 Å². The van der Waals surface area contributed by atoms with Gasteiger partial charge in [-0.25, -0.2) is 4.79 Å². The van der Waals surface area contributed by atoms with Crippen molar-refractivity contribution in [3.05, 3.63) is 104 Å². The first-order valence-corrected chi connectivity index (χ1v) is 10.3. The second kappa shape index (κ2) is 8.45. The average molecular weight is 404 g/mol. The molecule has 2 heterocycles. The lowest BCUT2D eigenvalue weighted by molar-refractivity contribution is 0.0742. The monoisotopic (exact) mass is 403 g/mol. The zero-order valence-electron chi connectivity index (χ0n) is 16.1. The molecule has 4 aromatic rings. The number of rotatable bonds is 6. The van der Waals surface area contributed by atoms with Gasteiger partial charge in [-0.15, -0.1) is 11.3 Å². The van der Waals surface area contributed by atoms with Crippen molar-refractivity contribution in [1.29, 1.82) is 0 Å². The van der Waals surface area contributed by atoms with E-state index < -0.39 is 5.63 Å². The standard InChI is InChI=1S/C24H21NO3S/c1-17-11-12-20(29-17)16-25(14-13-18-7-3-2-4-8-18)23(26)21-15-19-9-5-6-10-22(19)28-24(21)27/h2-12,15H,13-14,16H2,1H3. The van der Waals surface area contributed by atoms with Crippen LogP contribution < -0.4 is 5.63 Å². The molecule has 0 aliphatic carbocycles. The molecular formula is C24H21NO3S. The van der Waals surface area contributed by atoms with Gasteiger partial charge in [0.25, 0.3) is 5.91 Å². The van der Waals surface area contributed by atoms with Gasteiger partial charge in [-0.1, -0.05) is 48.5 Å². The van der Waals surface area contributed by atoms with Crippen molar-refractivity contribution in [3.63, 3.8) is 0 Å². The number of carbonyl (C=O) groups excluding carboxylic acids is 1. The van der Waals surface area contributed by atoms with E-state index in [-0.39, 0.29) is 11.5 Å². The van der Waals surface area contributed by atoms with E-state index in [4.69, 9.17) is 4.42 Å².